The summed E-state index contributed by atoms with van der Waals surface area (Å²) in [6.07, 6.45) is 6.60. The first kappa shape index (κ1) is 15.1. The first-order valence-corrected chi connectivity index (χ1v) is 5.15. The van der Waals surface area contributed by atoms with Crippen molar-refractivity contribution in [3.05, 3.63) is 23.8 Å². The van der Waals surface area contributed by atoms with Crippen molar-refractivity contribution in [2.24, 2.45) is 4.99 Å². The van der Waals surface area contributed by atoms with E-state index in [2.05, 4.69) is 9.73 Å². The smallest absolute Gasteiger partial charge is 0.305 e. The molecule has 0 aromatic heterocycles. The number of hydrogen-bond acceptors (Lipinski definition) is 4. The quantitative estimate of drug-likeness (QED) is 0.232. The van der Waals surface area contributed by atoms with Gasteiger partial charge in [-0.1, -0.05) is 18.2 Å². The van der Waals surface area contributed by atoms with Crippen LogP contribution in [0.2, 0.25) is 0 Å². The van der Waals surface area contributed by atoms with Crippen molar-refractivity contribution in [3.8, 4) is 0 Å². The van der Waals surface area contributed by atoms with Crippen molar-refractivity contribution in [1.82, 2.24) is 0 Å². The molecule has 0 aromatic carbocycles. The molecule has 0 aliphatic carbocycles. The summed E-state index contributed by atoms with van der Waals surface area (Å²) in [4.78, 5) is 24.7. The Morgan fingerprint density at radius 3 is 2.47 bits per heavy atom. The average molecular weight is 239 g/mol. The van der Waals surface area contributed by atoms with Gasteiger partial charge in [-0.2, -0.15) is 4.99 Å². The van der Waals surface area contributed by atoms with E-state index < -0.39 is 0 Å². The lowest BCUT2D eigenvalue weighted by atomic mass is 10.2. The SMILES string of the molecule is C/C=C(/C=C/CCC(=O)OC)C(=N/C=O)\OC. The van der Waals surface area contributed by atoms with Gasteiger partial charge in [-0.05, 0) is 13.3 Å². The van der Waals surface area contributed by atoms with Crippen LogP contribution in [0.25, 0.3) is 0 Å². The minimum absolute atomic E-state index is 0.247. The Labute approximate surface area is 101 Å². The molecule has 5 nitrogen and oxygen atoms in total. The van der Waals surface area contributed by atoms with Crippen molar-refractivity contribution in [3.63, 3.8) is 0 Å². The lowest BCUT2D eigenvalue weighted by molar-refractivity contribution is -0.140. The monoisotopic (exact) mass is 239 g/mol. The number of carbonyl (C=O) groups excluding carboxylic acids is 2. The van der Waals surface area contributed by atoms with Gasteiger partial charge in [0, 0.05) is 12.0 Å². The van der Waals surface area contributed by atoms with Crippen molar-refractivity contribution < 1.29 is 19.1 Å². The molecule has 0 bridgehead atoms. The van der Waals surface area contributed by atoms with Crippen LogP contribution in [0.1, 0.15) is 19.8 Å². The molecular formula is C12H17NO4. The molecule has 17 heavy (non-hydrogen) atoms. The molecule has 0 unspecified atom stereocenters. The van der Waals surface area contributed by atoms with Crippen LogP contribution in [0.3, 0.4) is 0 Å². The van der Waals surface area contributed by atoms with E-state index in [1.54, 1.807) is 25.2 Å². The first-order valence-electron chi connectivity index (χ1n) is 5.15. The lowest BCUT2D eigenvalue weighted by Crippen LogP contribution is -2.04. The molecule has 1 amide bonds. The topological polar surface area (TPSA) is 65.0 Å². The largest absolute Gasteiger partial charge is 0.480 e. The van der Waals surface area contributed by atoms with Gasteiger partial charge in [0.25, 0.3) is 0 Å². The van der Waals surface area contributed by atoms with Crippen LogP contribution in [0.4, 0.5) is 0 Å². The number of hydrogen-bond donors (Lipinski definition) is 0. The molecule has 0 radical (unpaired) electrons. The molecule has 0 spiro atoms. The Bertz CT molecular complexity index is 342. The lowest BCUT2D eigenvalue weighted by Gasteiger charge is -2.03. The Morgan fingerprint density at radius 2 is 2.00 bits per heavy atom. The van der Waals surface area contributed by atoms with Crippen molar-refractivity contribution >= 4 is 18.3 Å². The predicted octanol–water partition coefficient (Wildman–Crippen LogP) is 1.64. The van der Waals surface area contributed by atoms with E-state index in [0.717, 1.165) is 0 Å². The standard InChI is InChI=1S/C12H17NO4/c1-4-10(12(17-3)13-9-14)7-5-6-8-11(15)16-2/h4-5,7,9H,6,8H2,1-3H3/b7-5+,10-4-,13-12+. The Morgan fingerprint density at radius 1 is 1.29 bits per heavy atom. The summed E-state index contributed by atoms with van der Waals surface area (Å²) in [5.41, 5.74) is 0.685. The van der Waals surface area contributed by atoms with Crippen LogP contribution in [0.15, 0.2) is 28.8 Å². The molecule has 0 saturated carbocycles. The second-order valence-electron chi connectivity index (χ2n) is 3.00. The Hall–Kier alpha value is -1.91. The molecule has 0 fully saturated rings. The summed E-state index contributed by atoms with van der Waals surface area (Å²) < 4.78 is 9.46. The van der Waals surface area contributed by atoms with E-state index >= 15 is 0 Å². The number of esters is 1. The minimum Gasteiger partial charge on any atom is -0.480 e. The summed E-state index contributed by atoms with van der Waals surface area (Å²) in [6.45, 7) is 1.80. The summed E-state index contributed by atoms with van der Waals surface area (Å²) in [5, 5.41) is 0. The highest BCUT2D eigenvalue weighted by Crippen LogP contribution is 2.04. The van der Waals surface area contributed by atoms with E-state index in [4.69, 9.17) is 4.74 Å². The molecule has 0 heterocycles. The average Bonchev–Trinajstić information content (AvgIpc) is 2.36. The summed E-state index contributed by atoms with van der Waals surface area (Å²) in [5.74, 6) is -0.0120. The highest BCUT2D eigenvalue weighted by Gasteiger charge is 2.02. The second kappa shape index (κ2) is 9.33. The molecule has 0 N–H and O–H groups in total. The van der Waals surface area contributed by atoms with Crippen LogP contribution in [-0.2, 0) is 19.1 Å². The highest BCUT2D eigenvalue weighted by atomic mass is 16.5. The van der Waals surface area contributed by atoms with Gasteiger partial charge in [-0.15, -0.1) is 0 Å². The molecule has 0 aliphatic heterocycles. The summed E-state index contributed by atoms with van der Waals surface area (Å²) in [6, 6.07) is 0. The van der Waals surface area contributed by atoms with Gasteiger partial charge < -0.3 is 9.47 Å². The van der Waals surface area contributed by atoms with Crippen LogP contribution >= 0.6 is 0 Å². The molecule has 0 saturated heterocycles. The highest BCUT2D eigenvalue weighted by molar-refractivity contribution is 5.99. The third kappa shape index (κ3) is 6.29. The fourth-order valence-electron chi connectivity index (χ4n) is 1.10. The van der Waals surface area contributed by atoms with E-state index in [1.165, 1.54) is 14.2 Å². The molecule has 94 valence electrons. The Balaban J connectivity index is 4.41. The van der Waals surface area contributed by atoms with Gasteiger partial charge >= 0.3 is 5.97 Å². The summed E-state index contributed by atoms with van der Waals surface area (Å²) in [7, 11) is 2.79. The third-order valence-corrected chi connectivity index (χ3v) is 1.96. The number of carbonyl (C=O) groups is 2. The van der Waals surface area contributed by atoms with Gasteiger partial charge in [0.2, 0.25) is 12.3 Å². The number of amides is 1. The molecule has 0 aliphatic rings. The predicted molar refractivity (Wildman–Crippen MR) is 64.7 cm³/mol. The zero-order valence-electron chi connectivity index (χ0n) is 10.3. The molecule has 0 aromatic rings. The van der Waals surface area contributed by atoms with Gasteiger partial charge in [-0.3, -0.25) is 9.59 Å². The van der Waals surface area contributed by atoms with E-state index in [9.17, 15) is 9.59 Å². The first-order chi connectivity index (χ1) is 8.19. The zero-order chi connectivity index (χ0) is 13.1. The van der Waals surface area contributed by atoms with E-state index in [0.29, 0.717) is 24.8 Å². The number of allylic oxidation sites excluding steroid dienone is 2. The number of methoxy groups -OCH3 is 2. The van der Waals surface area contributed by atoms with Crippen molar-refractivity contribution in [2.45, 2.75) is 19.8 Å². The van der Waals surface area contributed by atoms with Gasteiger partial charge in [0.15, 0.2) is 0 Å². The third-order valence-electron chi connectivity index (χ3n) is 1.96. The van der Waals surface area contributed by atoms with Crippen LogP contribution in [0.5, 0.6) is 0 Å². The van der Waals surface area contributed by atoms with Gasteiger partial charge in [-0.25, -0.2) is 0 Å². The van der Waals surface area contributed by atoms with Gasteiger partial charge in [0.1, 0.15) is 0 Å². The van der Waals surface area contributed by atoms with E-state index in [1.807, 2.05) is 0 Å². The van der Waals surface area contributed by atoms with Crippen LogP contribution < -0.4 is 0 Å². The minimum atomic E-state index is -0.259. The molecule has 0 atom stereocenters. The summed E-state index contributed by atoms with van der Waals surface area (Å²) >= 11 is 0. The van der Waals surface area contributed by atoms with Gasteiger partial charge in [0.05, 0.1) is 14.2 Å². The maximum absolute atomic E-state index is 10.9. The van der Waals surface area contributed by atoms with E-state index in [-0.39, 0.29) is 11.9 Å². The maximum Gasteiger partial charge on any atom is 0.305 e. The number of nitrogens with zero attached hydrogens (tertiary/aromatic N) is 1. The van der Waals surface area contributed by atoms with Crippen LogP contribution in [0, 0.1) is 0 Å². The number of ether oxygens (including phenoxy) is 2. The Kier molecular flexibility index (Phi) is 8.28. The van der Waals surface area contributed by atoms with Crippen molar-refractivity contribution in [1.29, 1.82) is 0 Å². The fourth-order valence-corrected chi connectivity index (χ4v) is 1.10. The molecule has 5 heteroatoms. The fraction of sp³-hybridized carbons (Fsp3) is 0.417. The van der Waals surface area contributed by atoms with Crippen molar-refractivity contribution in [2.75, 3.05) is 14.2 Å². The normalized spacial score (nSPS) is 12.6. The zero-order valence-corrected chi connectivity index (χ0v) is 10.3. The maximum atomic E-state index is 10.9. The van der Waals surface area contributed by atoms with Crippen LogP contribution in [-0.4, -0.2) is 32.5 Å². The molecule has 0 rings (SSSR count). The molecular weight excluding hydrogens is 222 g/mol. The second-order valence-corrected chi connectivity index (χ2v) is 3.00. The number of aliphatic imine (C=N–C) groups is 1. The number of rotatable bonds is 6.